The van der Waals surface area contributed by atoms with E-state index in [9.17, 15) is 0 Å². The van der Waals surface area contributed by atoms with Gasteiger partial charge in [0.2, 0.25) is 0 Å². The largest absolute Gasteiger partial charge is 0.396 e. The number of rotatable bonds is 2. The molecule has 1 N–H and O–H groups in total. The van der Waals surface area contributed by atoms with Gasteiger partial charge < -0.3 is 10.0 Å². The molecule has 0 unspecified atom stereocenters. The van der Waals surface area contributed by atoms with E-state index in [1.165, 1.54) is 0 Å². The van der Waals surface area contributed by atoms with Gasteiger partial charge in [0, 0.05) is 19.7 Å². The summed E-state index contributed by atoms with van der Waals surface area (Å²) in [6.07, 6.45) is 2.10. The maximum Gasteiger partial charge on any atom is 0.151 e. The minimum Gasteiger partial charge on any atom is -0.396 e. The maximum atomic E-state index is 9.04. The standard InChI is InChI=1S/C11H17N3O/c1-9-2-3-11(13-12-9)14-6-4-10(8-15)5-7-14/h2-3,10,15H,4-8H2,1H3. The quantitative estimate of drug-likeness (QED) is 0.785. The predicted octanol–water partition coefficient (Wildman–Crippen LogP) is 0.994. The molecule has 4 heteroatoms. The van der Waals surface area contributed by atoms with Crippen molar-refractivity contribution in [2.45, 2.75) is 19.8 Å². The molecule has 0 atom stereocenters. The molecule has 1 aromatic heterocycles. The monoisotopic (exact) mass is 207 g/mol. The summed E-state index contributed by atoms with van der Waals surface area (Å²) in [4.78, 5) is 2.23. The van der Waals surface area contributed by atoms with E-state index in [0.29, 0.717) is 12.5 Å². The van der Waals surface area contributed by atoms with E-state index >= 15 is 0 Å². The van der Waals surface area contributed by atoms with Crippen molar-refractivity contribution in [1.29, 1.82) is 0 Å². The Kier molecular flexibility index (Phi) is 3.16. The van der Waals surface area contributed by atoms with Gasteiger partial charge in [-0.2, -0.15) is 5.10 Å². The number of aliphatic hydroxyl groups excluding tert-OH is 1. The Balaban J connectivity index is 1.98. The van der Waals surface area contributed by atoms with Gasteiger partial charge in [0.25, 0.3) is 0 Å². The van der Waals surface area contributed by atoms with Crippen molar-refractivity contribution in [2.24, 2.45) is 5.92 Å². The van der Waals surface area contributed by atoms with E-state index in [0.717, 1.165) is 37.4 Å². The molecule has 0 aliphatic carbocycles. The summed E-state index contributed by atoms with van der Waals surface area (Å²) in [5.41, 5.74) is 0.948. The van der Waals surface area contributed by atoms with Crippen LogP contribution < -0.4 is 4.90 Å². The molecular weight excluding hydrogens is 190 g/mol. The number of piperidine rings is 1. The van der Waals surface area contributed by atoms with Crippen LogP contribution in [0.3, 0.4) is 0 Å². The number of hydrogen-bond donors (Lipinski definition) is 1. The first kappa shape index (κ1) is 10.4. The summed E-state index contributed by atoms with van der Waals surface area (Å²) in [5.74, 6) is 1.43. The molecule has 82 valence electrons. The maximum absolute atomic E-state index is 9.04. The fourth-order valence-corrected chi connectivity index (χ4v) is 1.91. The second kappa shape index (κ2) is 4.57. The highest BCUT2D eigenvalue weighted by molar-refractivity contribution is 5.37. The Morgan fingerprint density at radius 2 is 2.07 bits per heavy atom. The van der Waals surface area contributed by atoms with Crippen LogP contribution in [0.2, 0.25) is 0 Å². The Bertz CT molecular complexity index is 304. The summed E-state index contributed by atoms with van der Waals surface area (Å²) in [7, 11) is 0. The molecule has 1 aliphatic rings. The molecule has 1 aliphatic heterocycles. The summed E-state index contributed by atoms with van der Waals surface area (Å²) in [5, 5.41) is 17.3. The van der Waals surface area contributed by atoms with Crippen molar-refractivity contribution < 1.29 is 5.11 Å². The molecule has 1 aromatic rings. The lowest BCUT2D eigenvalue weighted by molar-refractivity contribution is 0.202. The number of anilines is 1. The fraction of sp³-hybridized carbons (Fsp3) is 0.636. The average Bonchev–Trinajstić information content (AvgIpc) is 2.30. The molecule has 0 aromatic carbocycles. The van der Waals surface area contributed by atoms with Crippen molar-refractivity contribution >= 4 is 5.82 Å². The summed E-state index contributed by atoms with van der Waals surface area (Å²) in [6.45, 7) is 4.20. The van der Waals surface area contributed by atoms with Crippen LogP contribution >= 0.6 is 0 Å². The molecule has 0 amide bonds. The zero-order chi connectivity index (χ0) is 10.7. The van der Waals surface area contributed by atoms with Gasteiger partial charge in [0.05, 0.1) is 5.69 Å². The van der Waals surface area contributed by atoms with Gasteiger partial charge in [-0.05, 0) is 37.8 Å². The van der Waals surface area contributed by atoms with Gasteiger partial charge in [-0.1, -0.05) is 0 Å². The summed E-state index contributed by atoms with van der Waals surface area (Å²) < 4.78 is 0. The van der Waals surface area contributed by atoms with E-state index in [4.69, 9.17) is 5.11 Å². The lowest BCUT2D eigenvalue weighted by atomic mass is 9.98. The third-order valence-electron chi connectivity index (χ3n) is 2.98. The third kappa shape index (κ3) is 2.45. The number of hydrogen-bond acceptors (Lipinski definition) is 4. The summed E-state index contributed by atoms with van der Waals surface area (Å²) in [6, 6.07) is 4.00. The van der Waals surface area contributed by atoms with Gasteiger partial charge >= 0.3 is 0 Å². The first-order chi connectivity index (χ1) is 7.29. The van der Waals surface area contributed by atoms with Crippen LogP contribution in [0.25, 0.3) is 0 Å². The normalized spacial score (nSPS) is 18.1. The van der Waals surface area contributed by atoms with Gasteiger partial charge in [-0.3, -0.25) is 0 Å². The Hall–Kier alpha value is -1.16. The average molecular weight is 207 g/mol. The van der Waals surface area contributed by atoms with E-state index in [1.807, 2.05) is 19.1 Å². The molecule has 2 rings (SSSR count). The number of nitrogens with zero attached hydrogens (tertiary/aromatic N) is 3. The van der Waals surface area contributed by atoms with Crippen LogP contribution in [-0.4, -0.2) is 35.0 Å². The van der Waals surface area contributed by atoms with Crippen LogP contribution in [0, 0.1) is 12.8 Å². The van der Waals surface area contributed by atoms with Gasteiger partial charge in [-0.15, -0.1) is 5.10 Å². The van der Waals surface area contributed by atoms with Crippen LogP contribution in [0.4, 0.5) is 5.82 Å². The van der Waals surface area contributed by atoms with Crippen molar-refractivity contribution in [2.75, 3.05) is 24.6 Å². The number of aliphatic hydroxyl groups is 1. The molecule has 0 spiro atoms. The van der Waals surface area contributed by atoms with Crippen molar-refractivity contribution in [3.63, 3.8) is 0 Å². The van der Waals surface area contributed by atoms with Crippen LogP contribution in [-0.2, 0) is 0 Å². The zero-order valence-electron chi connectivity index (χ0n) is 9.06. The molecule has 0 bridgehead atoms. The molecule has 1 fully saturated rings. The SMILES string of the molecule is Cc1ccc(N2CCC(CO)CC2)nn1. The first-order valence-electron chi connectivity index (χ1n) is 5.45. The molecule has 0 radical (unpaired) electrons. The molecule has 2 heterocycles. The highest BCUT2D eigenvalue weighted by Gasteiger charge is 2.19. The smallest absolute Gasteiger partial charge is 0.151 e. The van der Waals surface area contributed by atoms with E-state index in [2.05, 4.69) is 15.1 Å². The second-order valence-electron chi connectivity index (χ2n) is 4.15. The van der Waals surface area contributed by atoms with Crippen LogP contribution in [0.15, 0.2) is 12.1 Å². The van der Waals surface area contributed by atoms with E-state index in [-0.39, 0.29) is 0 Å². The number of aryl methyl sites for hydroxylation is 1. The highest BCUT2D eigenvalue weighted by Crippen LogP contribution is 2.20. The zero-order valence-corrected chi connectivity index (χ0v) is 9.06. The molecule has 0 saturated carbocycles. The van der Waals surface area contributed by atoms with Gasteiger partial charge in [-0.25, -0.2) is 0 Å². The topological polar surface area (TPSA) is 49.2 Å². The van der Waals surface area contributed by atoms with Crippen molar-refractivity contribution in [1.82, 2.24) is 10.2 Å². The lowest BCUT2D eigenvalue weighted by Crippen LogP contribution is -2.35. The minimum absolute atomic E-state index is 0.313. The summed E-state index contributed by atoms with van der Waals surface area (Å²) >= 11 is 0. The third-order valence-corrected chi connectivity index (χ3v) is 2.98. The number of aromatic nitrogens is 2. The van der Waals surface area contributed by atoms with Gasteiger partial charge in [0.1, 0.15) is 0 Å². The lowest BCUT2D eigenvalue weighted by Gasteiger charge is -2.31. The van der Waals surface area contributed by atoms with Crippen molar-refractivity contribution in [3.8, 4) is 0 Å². The Morgan fingerprint density at radius 3 is 2.60 bits per heavy atom. The van der Waals surface area contributed by atoms with E-state index < -0.39 is 0 Å². The second-order valence-corrected chi connectivity index (χ2v) is 4.15. The fourth-order valence-electron chi connectivity index (χ4n) is 1.91. The highest BCUT2D eigenvalue weighted by atomic mass is 16.3. The molecular formula is C11H17N3O. The minimum atomic E-state index is 0.313. The molecule has 15 heavy (non-hydrogen) atoms. The van der Waals surface area contributed by atoms with Crippen molar-refractivity contribution in [3.05, 3.63) is 17.8 Å². The first-order valence-corrected chi connectivity index (χ1v) is 5.45. The van der Waals surface area contributed by atoms with Crippen LogP contribution in [0.5, 0.6) is 0 Å². The Labute approximate surface area is 89.9 Å². The van der Waals surface area contributed by atoms with Gasteiger partial charge in [0.15, 0.2) is 5.82 Å². The predicted molar refractivity (Wildman–Crippen MR) is 58.8 cm³/mol. The Morgan fingerprint density at radius 1 is 1.33 bits per heavy atom. The molecule has 4 nitrogen and oxygen atoms in total. The van der Waals surface area contributed by atoms with Crippen LogP contribution in [0.1, 0.15) is 18.5 Å². The van der Waals surface area contributed by atoms with E-state index in [1.54, 1.807) is 0 Å². The molecule has 1 saturated heterocycles.